The number of carbonyl (C=O) groups excluding carboxylic acids is 1. The molecule has 23 heavy (non-hydrogen) atoms. The topological polar surface area (TPSA) is 95.2 Å². The summed E-state index contributed by atoms with van der Waals surface area (Å²) in [6.07, 6.45) is 3.16. The Morgan fingerprint density at radius 2 is 2.13 bits per heavy atom. The van der Waals surface area contributed by atoms with E-state index in [1.165, 1.54) is 12.3 Å². The van der Waals surface area contributed by atoms with Crippen LogP contribution >= 0.6 is 0 Å². The molecule has 5 rings (SSSR count). The van der Waals surface area contributed by atoms with Crippen molar-refractivity contribution in [2.75, 3.05) is 6.61 Å². The lowest BCUT2D eigenvalue weighted by atomic mass is 9.93. The maximum Gasteiger partial charge on any atom is 0.351 e. The molecule has 1 N–H and O–H groups in total. The molecular formula is C16H10O7. The molecule has 0 aliphatic carbocycles. The average molecular weight is 314 g/mol. The maximum atomic E-state index is 12.3. The minimum Gasteiger partial charge on any atom is -0.507 e. The van der Waals surface area contributed by atoms with Gasteiger partial charge in [-0.2, -0.15) is 0 Å². The van der Waals surface area contributed by atoms with E-state index in [1.807, 2.05) is 0 Å². The van der Waals surface area contributed by atoms with Gasteiger partial charge < -0.3 is 23.7 Å². The largest absolute Gasteiger partial charge is 0.507 e. The van der Waals surface area contributed by atoms with Crippen LogP contribution in [0.25, 0.3) is 11.0 Å². The summed E-state index contributed by atoms with van der Waals surface area (Å²) >= 11 is 0. The van der Waals surface area contributed by atoms with Crippen molar-refractivity contribution < 1.29 is 28.5 Å². The van der Waals surface area contributed by atoms with Crippen LogP contribution in [0.1, 0.15) is 27.4 Å². The van der Waals surface area contributed by atoms with Crippen molar-refractivity contribution in [3.63, 3.8) is 0 Å². The molecule has 0 amide bonds. The van der Waals surface area contributed by atoms with E-state index in [1.54, 1.807) is 6.08 Å². The fraction of sp³-hybridized carbons (Fsp3) is 0.250. The van der Waals surface area contributed by atoms with Crippen molar-refractivity contribution in [1.29, 1.82) is 0 Å². The van der Waals surface area contributed by atoms with Crippen LogP contribution in [0.5, 0.6) is 11.5 Å². The van der Waals surface area contributed by atoms with E-state index in [0.717, 1.165) is 0 Å². The molecule has 3 aliphatic heterocycles. The number of phenols is 1. The van der Waals surface area contributed by atoms with E-state index < -0.39 is 17.9 Å². The summed E-state index contributed by atoms with van der Waals surface area (Å²) in [6.45, 7) is 0.159. The van der Waals surface area contributed by atoms with Crippen LogP contribution in [-0.4, -0.2) is 24.0 Å². The Hall–Kier alpha value is -2.96. The number of phenolic OH excluding ortho intramolecular Hbond substituents is 1. The summed E-state index contributed by atoms with van der Waals surface area (Å²) in [6, 6.07) is 1.47. The third-order valence-corrected chi connectivity index (χ3v) is 4.42. The van der Waals surface area contributed by atoms with Crippen LogP contribution in [0.2, 0.25) is 0 Å². The van der Waals surface area contributed by atoms with Crippen LogP contribution in [0.15, 0.2) is 27.6 Å². The number of hydrogen-bond donors (Lipinski definition) is 1. The molecule has 116 valence electrons. The molecule has 3 aliphatic rings. The Morgan fingerprint density at radius 3 is 3.00 bits per heavy atom. The first kappa shape index (κ1) is 12.6. The van der Waals surface area contributed by atoms with Crippen molar-refractivity contribution >= 4 is 16.9 Å². The van der Waals surface area contributed by atoms with Gasteiger partial charge in [0, 0.05) is 12.5 Å². The lowest BCUT2D eigenvalue weighted by Crippen LogP contribution is -2.26. The highest BCUT2D eigenvalue weighted by atomic mass is 16.7. The standard InChI is InChI=1S/C16H10O7/c17-8-5-9-11(7-2-4-21-16(7)22-9)13-10(8)6-1-3-20-14(18)12(6)15(19)23-13/h2,4-5,7,16-17H,1,3H2/t7-,16+/m0/s1. The third-order valence-electron chi connectivity index (χ3n) is 4.42. The summed E-state index contributed by atoms with van der Waals surface area (Å²) in [7, 11) is 0. The minimum atomic E-state index is -0.767. The molecule has 0 fully saturated rings. The maximum absolute atomic E-state index is 12.3. The number of benzene rings is 1. The predicted molar refractivity (Wildman–Crippen MR) is 75.5 cm³/mol. The second kappa shape index (κ2) is 4.07. The average Bonchev–Trinajstić information content (AvgIpc) is 3.07. The zero-order valence-electron chi connectivity index (χ0n) is 11.7. The number of hydrogen-bond acceptors (Lipinski definition) is 7. The van der Waals surface area contributed by atoms with Crippen molar-refractivity contribution in [2.24, 2.45) is 0 Å². The van der Waals surface area contributed by atoms with Gasteiger partial charge in [0.2, 0.25) is 0 Å². The monoisotopic (exact) mass is 314 g/mol. The number of ether oxygens (including phenoxy) is 3. The molecule has 0 radical (unpaired) electrons. The van der Waals surface area contributed by atoms with E-state index in [0.29, 0.717) is 28.7 Å². The summed E-state index contributed by atoms with van der Waals surface area (Å²) < 4.78 is 21.2. The molecule has 1 aromatic heterocycles. The van der Waals surface area contributed by atoms with Gasteiger partial charge in [-0.25, -0.2) is 9.59 Å². The van der Waals surface area contributed by atoms with Crippen LogP contribution in [-0.2, 0) is 15.9 Å². The van der Waals surface area contributed by atoms with Crippen molar-refractivity contribution in [3.8, 4) is 11.5 Å². The zero-order chi connectivity index (χ0) is 15.7. The highest BCUT2D eigenvalue weighted by Gasteiger charge is 2.41. The summed E-state index contributed by atoms with van der Waals surface area (Å²) in [5.74, 6) is -0.627. The fourth-order valence-corrected chi connectivity index (χ4v) is 3.46. The minimum absolute atomic E-state index is 0.0996. The summed E-state index contributed by atoms with van der Waals surface area (Å²) in [5.41, 5.74) is 0.430. The molecule has 2 atom stereocenters. The van der Waals surface area contributed by atoms with Gasteiger partial charge in [0.05, 0.1) is 29.7 Å². The van der Waals surface area contributed by atoms with Crippen molar-refractivity contribution in [3.05, 3.63) is 45.5 Å². The van der Waals surface area contributed by atoms with E-state index in [2.05, 4.69) is 0 Å². The lowest BCUT2D eigenvalue weighted by molar-refractivity contribution is -0.00485. The Balaban J connectivity index is 1.93. The van der Waals surface area contributed by atoms with Gasteiger partial charge in [0.1, 0.15) is 22.6 Å². The lowest BCUT2D eigenvalue weighted by Gasteiger charge is -2.17. The van der Waals surface area contributed by atoms with E-state index in [-0.39, 0.29) is 29.4 Å². The van der Waals surface area contributed by atoms with Crippen molar-refractivity contribution in [1.82, 2.24) is 0 Å². The first-order chi connectivity index (χ1) is 11.1. The molecule has 4 heterocycles. The molecule has 0 spiro atoms. The van der Waals surface area contributed by atoms with Gasteiger partial charge in [-0.1, -0.05) is 0 Å². The number of esters is 1. The quantitative estimate of drug-likeness (QED) is 0.582. The van der Waals surface area contributed by atoms with Crippen LogP contribution in [0, 0.1) is 0 Å². The summed E-state index contributed by atoms with van der Waals surface area (Å²) in [5, 5.41) is 10.7. The van der Waals surface area contributed by atoms with E-state index in [4.69, 9.17) is 18.6 Å². The molecule has 0 saturated heterocycles. The molecule has 7 heteroatoms. The SMILES string of the molecule is O=C1OCCc2c1c(=O)oc1c3c(cc(O)c21)O[C@H]1OC=C[C@@H]31. The van der Waals surface area contributed by atoms with E-state index in [9.17, 15) is 14.7 Å². The Morgan fingerprint density at radius 1 is 1.26 bits per heavy atom. The molecule has 1 aromatic carbocycles. The Kier molecular flexibility index (Phi) is 2.22. The summed E-state index contributed by atoms with van der Waals surface area (Å²) in [4.78, 5) is 24.1. The molecule has 2 aromatic rings. The number of cyclic esters (lactones) is 1. The van der Waals surface area contributed by atoms with Gasteiger partial charge in [-0.15, -0.1) is 0 Å². The first-order valence-corrected chi connectivity index (χ1v) is 7.16. The number of aromatic hydroxyl groups is 1. The number of rotatable bonds is 0. The smallest absolute Gasteiger partial charge is 0.351 e. The predicted octanol–water partition coefficient (Wildman–Crippen LogP) is 1.56. The first-order valence-electron chi connectivity index (χ1n) is 7.16. The molecule has 0 saturated carbocycles. The second-order valence-electron chi connectivity index (χ2n) is 5.62. The van der Waals surface area contributed by atoms with Gasteiger partial charge in [0.25, 0.3) is 6.29 Å². The van der Waals surface area contributed by atoms with Crippen LogP contribution in [0.4, 0.5) is 0 Å². The molecule has 0 unspecified atom stereocenters. The van der Waals surface area contributed by atoms with Crippen LogP contribution in [0.3, 0.4) is 0 Å². The fourth-order valence-electron chi connectivity index (χ4n) is 3.46. The van der Waals surface area contributed by atoms with Crippen LogP contribution < -0.4 is 10.4 Å². The molecule has 7 nitrogen and oxygen atoms in total. The number of carbonyl (C=O) groups is 1. The highest BCUT2D eigenvalue weighted by molar-refractivity contribution is 6.00. The van der Waals surface area contributed by atoms with Gasteiger partial charge in [-0.05, 0) is 11.6 Å². The third kappa shape index (κ3) is 1.48. The zero-order valence-corrected chi connectivity index (χ0v) is 11.7. The molecular weight excluding hydrogens is 304 g/mol. The van der Waals surface area contributed by atoms with Gasteiger partial charge in [0.15, 0.2) is 0 Å². The van der Waals surface area contributed by atoms with Crippen molar-refractivity contribution in [2.45, 2.75) is 18.6 Å². The van der Waals surface area contributed by atoms with E-state index >= 15 is 0 Å². The van der Waals surface area contributed by atoms with Gasteiger partial charge >= 0.3 is 11.6 Å². The Bertz CT molecular complexity index is 969. The second-order valence-corrected chi connectivity index (χ2v) is 5.62. The normalized spacial score (nSPS) is 23.7. The highest BCUT2D eigenvalue weighted by Crippen LogP contribution is 2.49. The van der Waals surface area contributed by atoms with Gasteiger partial charge in [-0.3, -0.25) is 0 Å². The molecule has 0 bridgehead atoms. The number of fused-ring (bicyclic) bond motifs is 7. The Labute approximate surface area is 128 Å².